The van der Waals surface area contributed by atoms with E-state index in [1.54, 1.807) is 21.0 Å². The fourth-order valence-corrected chi connectivity index (χ4v) is 2.97. The lowest BCUT2D eigenvalue weighted by Crippen LogP contribution is -2.55. The molecule has 5 nitrogen and oxygen atoms in total. The third kappa shape index (κ3) is 3.72. The molecular weight excluding hydrogens is 344 g/mol. The van der Waals surface area contributed by atoms with Crippen LogP contribution in [0.2, 0.25) is 0 Å². The van der Waals surface area contributed by atoms with Gasteiger partial charge in [0.05, 0.1) is 11.9 Å². The predicted molar refractivity (Wildman–Crippen MR) is 84.4 cm³/mol. The van der Waals surface area contributed by atoms with Crippen molar-refractivity contribution in [3.8, 4) is 5.75 Å². The number of nitrogens with one attached hydrogen (secondary N) is 1. The van der Waals surface area contributed by atoms with Crippen LogP contribution in [0.1, 0.15) is 19.4 Å². The van der Waals surface area contributed by atoms with Gasteiger partial charge in [0.2, 0.25) is 0 Å². The molecule has 1 atom stereocenters. The minimum atomic E-state index is -3.26. The number of hydrazine groups is 1. The molecule has 114 valence electrons. The second-order valence-corrected chi connectivity index (χ2v) is 8.77. The molecule has 0 bridgehead atoms. The molecule has 0 amide bonds. The molecule has 1 rings (SSSR count). The molecule has 1 aromatic carbocycles. The van der Waals surface area contributed by atoms with E-state index in [0.29, 0.717) is 12.2 Å². The Morgan fingerprint density at radius 1 is 1.45 bits per heavy atom. The van der Waals surface area contributed by atoms with E-state index in [1.165, 1.54) is 6.26 Å². The van der Waals surface area contributed by atoms with Gasteiger partial charge in [-0.15, -0.1) is 0 Å². The van der Waals surface area contributed by atoms with Crippen molar-refractivity contribution in [2.24, 2.45) is 5.84 Å². The SMILES string of the molecule is COc1ccc(Br)cc1CC(NN)C(C)(C)S(C)(=O)=O. The van der Waals surface area contributed by atoms with E-state index in [0.717, 1.165) is 10.0 Å². The summed E-state index contributed by atoms with van der Waals surface area (Å²) in [5, 5.41) is 0. The molecule has 7 heteroatoms. The van der Waals surface area contributed by atoms with Crippen LogP contribution in [0.15, 0.2) is 22.7 Å². The molecular formula is C13H21BrN2O3S. The van der Waals surface area contributed by atoms with Crippen LogP contribution >= 0.6 is 15.9 Å². The van der Waals surface area contributed by atoms with Gasteiger partial charge in [0.1, 0.15) is 5.75 Å². The van der Waals surface area contributed by atoms with Gasteiger partial charge in [-0.25, -0.2) is 8.42 Å². The Morgan fingerprint density at radius 3 is 2.50 bits per heavy atom. The van der Waals surface area contributed by atoms with Crippen LogP contribution in [0.5, 0.6) is 5.75 Å². The summed E-state index contributed by atoms with van der Waals surface area (Å²) in [4.78, 5) is 0. The average Bonchev–Trinajstić information content (AvgIpc) is 2.34. The zero-order valence-electron chi connectivity index (χ0n) is 12.1. The Hall–Kier alpha value is -0.630. The molecule has 0 saturated heterocycles. The van der Waals surface area contributed by atoms with Crippen LogP contribution in [-0.4, -0.2) is 32.6 Å². The highest BCUT2D eigenvalue weighted by Gasteiger charge is 2.38. The first-order chi connectivity index (χ1) is 9.13. The first-order valence-corrected chi connectivity index (χ1v) is 8.80. The summed E-state index contributed by atoms with van der Waals surface area (Å²) in [5.74, 6) is 6.27. The normalized spacial score (nSPS) is 14.1. The fraction of sp³-hybridized carbons (Fsp3) is 0.538. The highest BCUT2D eigenvalue weighted by Crippen LogP contribution is 2.28. The van der Waals surface area contributed by atoms with Crippen molar-refractivity contribution < 1.29 is 13.2 Å². The van der Waals surface area contributed by atoms with E-state index in [4.69, 9.17) is 10.6 Å². The summed E-state index contributed by atoms with van der Waals surface area (Å²) in [7, 11) is -1.68. The number of rotatable bonds is 6. The van der Waals surface area contributed by atoms with E-state index in [9.17, 15) is 8.42 Å². The van der Waals surface area contributed by atoms with Gasteiger partial charge in [0.25, 0.3) is 0 Å². The molecule has 3 N–H and O–H groups in total. The number of sulfone groups is 1. The van der Waals surface area contributed by atoms with Crippen molar-refractivity contribution >= 4 is 25.8 Å². The van der Waals surface area contributed by atoms with Gasteiger partial charge in [-0.2, -0.15) is 0 Å². The van der Waals surface area contributed by atoms with Gasteiger partial charge in [0, 0.05) is 16.8 Å². The van der Waals surface area contributed by atoms with Crippen molar-refractivity contribution in [2.45, 2.75) is 31.1 Å². The smallest absolute Gasteiger partial charge is 0.154 e. The molecule has 0 aliphatic rings. The minimum absolute atomic E-state index is 0.430. The molecule has 20 heavy (non-hydrogen) atoms. The van der Waals surface area contributed by atoms with E-state index >= 15 is 0 Å². The number of nitrogens with two attached hydrogens (primary N) is 1. The molecule has 0 aromatic heterocycles. The second-order valence-electron chi connectivity index (χ2n) is 5.26. The third-order valence-corrected chi connectivity index (χ3v) is 6.35. The van der Waals surface area contributed by atoms with Crippen LogP contribution < -0.4 is 16.0 Å². The Labute approximate surface area is 128 Å². The summed E-state index contributed by atoms with van der Waals surface area (Å²) in [6, 6.07) is 5.18. The van der Waals surface area contributed by atoms with Gasteiger partial charge >= 0.3 is 0 Å². The maximum absolute atomic E-state index is 11.9. The van der Waals surface area contributed by atoms with Gasteiger partial charge in [-0.3, -0.25) is 11.3 Å². The largest absolute Gasteiger partial charge is 0.496 e. The van der Waals surface area contributed by atoms with Crippen LogP contribution in [0.4, 0.5) is 0 Å². The Kier molecular flexibility index (Phi) is 5.60. The summed E-state index contributed by atoms with van der Waals surface area (Å²) >= 11 is 3.40. The highest BCUT2D eigenvalue weighted by atomic mass is 79.9. The molecule has 0 aliphatic carbocycles. The summed E-state index contributed by atoms with van der Waals surface area (Å²) in [6.45, 7) is 3.33. The Balaban J connectivity index is 3.15. The quantitative estimate of drug-likeness (QED) is 0.592. The van der Waals surface area contributed by atoms with Crippen LogP contribution in [0, 0.1) is 0 Å². The zero-order chi connectivity index (χ0) is 15.6. The number of hydrogen-bond donors (Lipinski definition) is 2. The predicted octanol–water partition coefficient (Wildman–Crippen LogP) is 1.66. The maximum Gasteiger partial charge on any atom is 0.154 e. The molecule has 0 aliphatic heterocycles. The van der Waals surface area contributed by atoms with E-state index in [-0.39, 0.29) is 0 Å². The molecule has 0 saturated carbocycles. The zero-order valence-corrected chi connectivity index (χ0v) is 14.5. The summed E-state index contributed by atoms with van der Waals surface area (Å²) in [6.07, 6.45) is 1.66. The van der Waals surface area contributed by atoms with Crippen molar-refractivity contribution in [1.29, 1.82) is 0 Å². The number of hydrogen-bond acceptors (Lipinski definition) is 5. The summed E-state index contributed by atoms with van der Waals surface area (Å²) in [5.41, 5.74) is 3.51. The lowest BCUT2D eigenvalue weighted by molar-refractivity contribution is 0.388. The molecule has 0 fully saturated rings. The topological polar surface area (TPSA) is 81.4 Å². The lowest BCUT2D eigenvalue weighted by Gasteiger charge is -2.32. The van der Waals surface area contributed by atoms with Gasteiger partial charge < -0.3 is 4.74 Å². The van der Waals surface area contributed by atoms with E-state index in [2.05, 4.69) is 21.4 Å². The number of benzene rings is 1. The van der Waals surface area contributed by atoms with E-state index in [1.807, 2.05) is 18.2 Å². The Bertz CT molecular complexity index is 573. The second kappa shape index (κ2) is 6.43. The van der Waals surface area contributed by atoms with Crippen LogP contribution in [-0.2, 0) is 16.3 Å². The van der Waals surface area contributed by atoms with Crippen molar-refractivity contribution in [3.05, 3.63) is 28.2 Å². The molecule has 1 aromatic rings. The molecule has 0 radical (unpaired) electrons. The highest BCUT2D eigenvalue weighted by molar-refractivity contribution is 9.10. The van der Waals surface area contributed by atoms with E-state index < -0.39 is 20.6 Å². The van der Waals surface area contributed by atoms with Crippen LogP contribution in [0.25, 0.3) is 0 Å². The monoisotopic (exact) mass is 364 g/mol. The number of methoxy groups -OCH3 is 1. The molecule has 0 heterocycles. The number of halogens is 1. The standard InChI is InChI=1S/C13H21BrN2O3S/c1-13(2,20(4,17)18)12(16-15)8-9-7-10(14)5-6-11(9)19-3/h5-7,12,16H,8,15H2,1-4H3. The Morgan fingerprint density at radius 2 is 2.05 bits per heavy atom. The first kappa shape index (κ1) is 17.4. The minimum Gasteiger partial charge on any atom is -0.496 e. The van der Waals surface area contributed by atoms with Crippen LogP contribution in [0.3, 0.4) is 0 Å². The van der Waals surface area contributed by atoms with Crippen molar-refractivity contribution in [2.75, 3.05) is 13.4 Å². The maximum atomic E-state index is 11.9. The summed E-state index contributed by atoms with van der Waals surface area (Å²) < 4.78 is 29.1. The average molecular weight is 365 g/mol. The molecule has 1 unspecified atom stereocenters. The lowest BCUT2D eigenvalue weighted by atomic mass is 9.95. The van der Waals surface area contributed by atoms with Gasteiger partial charge in [-0.05, 0) is 44.0 Å². The number of ether oxygens (including phenoxy) is 1. The molecule has 0 spiro atoms. The van der Waals surface area contributed by atoms with Gasteiger partial charge in [-0.1, -0.05) is 15.9 Å². The first-order valence-electron chi connectivity index (χ1n) is 6.11. The van der Waals surface area contributed by atoms with Crippen molar-refractivity contribution in [3.63, 3.8) is 0 Å². The van der Waals surface area contributed by atoms with Gasteiger partial charge in [0.15, 0.2) is 9.84 Å². The third-order valence-electron chi connectivity index (χ3n) is 3.66. The fourth-order valence-electron chi connectivity index (χ4n) is 1.89. The van der Waals surface area contributed by atoms with Crippen molar-refractivity contribution in [1.82, 2.24) is 5.43 Å².